The molecule has 0 bridgehead atoms. The molecule has 3 aromatic carbocycles. The van der Waals surface area contributed by atoms with E-state index in [4.69, 9.17) is 28.7 Å². The predicted octanol–water partition coefficient (Wildman–Crippen LogP) is 4.41. The molecule has 0 radical (unpaired) electrons. The number of hydrogen-bond donors (Lipinski definition) is 0. The van der Waals surface area contributed by atoms with Gasteiger partial charge in [0.25, 0.3) is 0 Å². The summed E-state index contributed by atoms with van der Waals surface area (Å²) in [6.07, 6.45) is -0.520. The maximum absolute atomic E-state index is 12.5. The lowest BCUT2D eigenvalue weighted by Crippen LogP contribution is -2.22. The summed E-state index contributed by atoms with van der Waals surface area (Å²) >= 11 is 0. The van der Waals surface area contributed by atoms with Crippen LogP contribution in [0, 0.1) is 0 Å². The zero-order chi connectivity index (χ0) is 23.3. The van der Waals surface area contributed by atoms with Crippen LogP contribution in [0.15, 0.2) is 84.9 Å². The summed E-state index contributed by atoms with van der Waals surface area (Å²) in [7, 11) is 0. The number of benzene rings is 3. The van der Waals surface area contributed by atoms with Crippen LogP contribution in [0.2, 0.25) is 0 Å². The molecule has 0 N–H and O–H groups in total. The molecular weight excluding hydrogens is 428 g/mol. The second-order valence-electron chi connectivity index (χ2n) is 6.77. The second-order valence-corrected chi connectivity index (χ2v) is 6.77. The first-order valence-electron chi connectivity index (χ1n) is 10.2. The van der Waals surface area contributed by atoms with Gasteiger partial charge in [0.2, 0.25) is 6.79 Å². The SMILES string of the molecule is CC(COCOc1ccccc1)OC(=O)c1ccccc1OCOOC(=O)c1ccccc1. The lowest BCUT2D eigenvalue weighted by Gasteiger charge is -2.15. The first kappa shape index (κ1) is 23.8. The van der Waals surface area contributed by atoms with Crippen LogP contribution in [-0.2, 0) is 19.2 Å². The number of carbonyl (C=O) groups is 2. The van der Waals surface area contributed by atoms with Gasteiger partial charge in [-0.3, -0.25) is 4.89 Å². The Bertz CT molecular complexity index is 1010. The summed E-state index contributed by atoms with van der Waals surface area (Å²) in [5, 5.41) is 0. The summed E-state index contributed by atoms with van der Waals surface area (Å²) in [4.78, 5) is 33.9. The van der Waals surface area contributed by atoms with E-state index in [1.807, 2.05) is 30.3 Å². The van der Waals surface area contributed by atoms with E-state index < -0.39 is 24.8 Å². The molecule has 0 aliphatic rings. The minimum atomic E-state index is -0.656. The Morgan fingerprint density at radius 2 is 1.42 bits per heavy atom. The minimum Gasteiger partial charge on any atom is -0.468 e. The van der Waals surface area contributed by atoms with Crippen LogP contribution < -0.4 is 9.47 Å². The van der Waals surface area contributed by atoms with Crippen LogP contribution in [0.25, 0.3) is 0 Å². The molecule has 0 spiro atoms. The molecule has 0 saturated carbocycles. The Labute approximate surface area is 191 Å². The number of carbonyl (C=O) groups excluding carboxylic acids is 2. The monoisotopic (exact) mass is 452 g/mol. The van der Waals surface area contributed by atoms with Crippen LogP contribution in [0.4, 0.5) is 0 Å². The Balaban J connectivity index is 1.40. The fourth-order valence-electron chi connectivity index (χ4n) is 2.67. The number of ether oxygens (including phenoxy) is 4. The fourth-order valence-corrected chi connectivity index (χ4v) is 2.67. The third kappa shape index (κ3) is 7.95. The third-order valence-electron chi connectivity index (χ3n) is 4.23. The van der Waals surface area contributed by atoms with Gasteiger partial charge < -0.3 is 18.9 Å². The normalized spacial score (nSPS) is 11.3. The van der Waals surface area contributed by atoms with E-state index in [2.05, 4.69) is 0 Å². The van der Waals surface area contributed by atoms with Gasteiger partial charge in [0.1, 0.15) is 23.2 Å². The van der Waals surface area contributed by atoms with Crippen molar-refractivity contribution in [2.24, 2.45) is 0 Å². The molecule has 0 saturated heterocycles. The van der Waals surface area contributed by atoms with Gasteiger partial charge in [-0.15, -0.1) is 4.89 Å². The minimum absolute atomic E-state index is 0.0324. The van der Waals surface area contributed by atoms with E-state index in [1.54, 1.807) is 61.5 Å². The van der Waals surface area contributed by atoms with Gasteiger partial charge in [0.05, 0.1) is 12.2 Å². The average Bonchev–Trinajstić information content (AvgIpc) is 2.85. The Kier molecular flexibility index (Phi) is 9.26. The van der Waals surface area contributed by atoms with Gasteiger partial charge in [-0.05, 0) is 43.3 Å². The molecular formula is C25H24O8. The fraction of sp³-hybridized carbons (Fsp3) is 0.200. The topological polar surface area (TPSA) is 89.5 Å². The first-order chi connectivity index (χ1) is 16.1. The number of para-hydroxylation sites is 2. The van der Waals surface area contributed by atoms with Gasteiger partial charge >= 0.3 is 11.9 Å². The van der Waals surface area contributed by atoms with Crippen molar-refractivity contribution in [3.63, 3.8) is 0 Å². The summed E-state index contributed by atoms with van der Waals surface area (Å²) in [5.41, 5.74) is 0.537. The van der Waals surface area contributed by atoms with Gasteiger partial charge in [0, 0.05) is 0 Å². The van der Waals surface area contributed by atoms with E-state index in [0.717, 1.165) is 0 Å². The molecule has 172 valence electrons. The van der Waals surface area contributed by atoms with E-state index in [9.17, 15) is 9.59 Å². The van der Waals surface area contributed by atoms with Gasteiger partial charge in [-0.2, -0.15) is 0 Å². The molecule has 0 aliphatic carbocycles. The average molecular weight is 452 g/mol. The molecule has 1 atom stereocenters. The van der Waals surface area contributed by atoms with Crippen molar-refractivity contribution in [3.8, 4) is 11.5 Å². The highest BCUT2D eigenvalue weighted by Crippen LogP contribution is 2.20. The zero-order valence-electron chi connectivity index (χ0n) is 18.0. The summed E-state index contributed by atoms with van der Waals surface area (Å²) in [6, 6.07) is 24.1. The number of esters is 1. The van der Waals surface area contributed by atoms with Crippen LogP contribution in [0.3, 0.4) is 0 Å². The van der Waals surface area contributed by atoms with Gasteiger partial charge in [0.15, 0.2) is 6.79 Å². The highest BCUT2D eigenvalue weighted by molar-refractivity contribution is 5.92. The molecule has 1 unspecified atom stereocenters. The summed E-state index contributed by atoms with van der Waals surface area (Å²) in [6.45, 7) is 1.49. The summed E-state index contributed by atoms with van der Waals surface area (Å²) < 4.78 is 21.7. The van der Waals surface area contributed by atoms with Crippen molar-refractivity contribution in [2.45, 2.75) is 13.0 Å². The molecule has 0 aromatic heterocycles. The second kappa shape index (κ2) is 12.8. The van der Waals surface area contributed by atoms with E-state index >= 15 is 0 Å². The highest BCUT2D eigenvalue weighted by atomic mass is 17.2. The molecule has 0 heterocycles. The van der Waals surface area contributed by atoms with Gasteiger partial charge in [-0.1, -0.05) is 48.5 Å². The van der Waals surface area contributed by atoms with Crippen molar-refractivity contribution in [1.29, 1.82) is 0 Å². The van der Waals surface area contributed by atoms with Crippen LogP contribution in [0.5, 0.6) is 11.5 Å². The summed E-state index contributed by atoms with van der Waals surface area (Å²) in [5.74, 6) is -0.340. The Morgan fingerprint density at radius 1 is 0.758 bits per heavy atom. The molecule has 8 nitrogen and oxygen atoms in total. The van der Waals surface area contributed by atoms with Crippen LogP contribution in [0.1, 0.15) is 27.6 Å². The Hall–Kier alpha value is -3.88. The van der Waals surface area contributed by atoms with Crippen molar-refractivity contribution in [1.82, 2.24) is 0 Å². The predicted molar refractivity (Wildman–Crippen MR) is 118 cm³/mol. The first-order valence-corrected chi connectivity index (χ1v) is 10.2. The largest absolute Gasteiger partial charge is 0.468 e. The zero-order valence-corrected chi connectivity index (χ0v) is 18.0. The van der Waals surface area contributed by atoms with Crippen molar-refractivity contribution in [3.05, 3.63) is 96.1 Å². The standard InChI is InChI=1S/C25H24O8/c1-19(16-28-17-29-21-12-6-3-7-13-21)32-25(27)22-14-8-9-15-23(22)30-18-31-33-24(26)20-10-4-2-5-11-20/h2-15,19H,16-18H2,1H3. The van der Waals surface area contributed by atoms with E-state index in [-0.39, 0.29) is 24.7 Å². The van der Waals surface area contributed by atoms with Crippen molar-refractivity contribution < 1.29 is 38.3 Å². The molecule has 0 amide bonds. The smallest absolute Gasteiger partial charge is 0.373 e. The number of hydrogen-bond acceptors (Lipinski definition) is 8. The van der Waals surface area contributed by atoms with E-state index in [0.29, 0.717) is 11.3 Å². The van der Waals surface area contributed by atoms with E-state index in [1.165, 1.54) is 0 Å². The molecule has 33 heavy (non-hydrogen) atoms. The quantitative estimate of drug-likeness (QED) is 0.131. The maximum Gasteiger partial charge on any atom is 0.373 e. The van der Waals surface area contributed by atoms with Gasteiger partial charge in [-0.25, -0.2) is 9.59 Å². The Morgan fingerprint density at radius 3 is 2.18 bits per heavy atom. The third-order valence-corrected chi connectivity index (χ3v) is 4.23. The molecule has 3 rings (SSSR count). The lowest BCUT2D eigenvalue weighted by atomic mass is 10.2. The molecule has 3 aromatic rings. The molecule has 0 fully saturated rings. The van der Waals surface area contributed by atoms with Crippen LogP contribution in [-0.4, -0.2) is 38.2 Å². The number of rotatable bonds is 12. The maximum atomic E-state index is 12.5. The van der Waals surface area contributed by atoms with Crippen molar-refractivity contribution in [2.75, 3.05) is 20.2 Å². The molecule has 8 heteroatoms. The molecule has 0 aliphatic heterocycles. The lowest BCUT2D eigenvalue weighted by molar-refractivity contribution is -0.274. The highest BCUT2D eigenvalue weighted by Gasteiger charge is 2.17. The van der Waals surface area contributed by atoms with Crippen molar-refractivity contribution >= 4 is 11.9 Å². The van der Waals surface area contributed by atoms with Crippen LogP contribution >= 0.6 is 0 Å².